The molecule has 0 radical (unpaired) electrons. The second-order valence-electron chi connectivity index (χ2n) is 13.3. The number of rotatable bonds is 36. The van der Waals surface area contributed by atoms with Crippen LogP contribution in [0.1, 0.15) is 239 Å². The van der Waals surface area contributed by atoms with Crippen molar-refractivity contribution >= 4 is 5.97 Å². The molecule has 0 aromatic heterocycles. The van der Waals surface area contributed by atoms with E-state index in [0.717, 1.165) is 12.8 Å². The van der Waals surface area contributed by atoms with Gasteiger partial charge in [0.25, 0.3) is 0 Å². The van der Waals surface area contributed by atoms with Crippen LogP contribution in [0.2, 0.25) is 0 Å². The standard InChI is InChI=1S/C39H78O2/c1-3-5-7-9-11-13-14-15-16-17-18-19-20-21-22-23-24-25-26-27-28-30-32-34-36-38-41-39(40)37-35-33-31-29-12-10-8-6-4-2/h3-38H2,1-2H3. The van der Waals surface area contributed by atoms with Gasteiger partial charge in [-0.3, -0.25) is 4.79 Å². The Morgan fingerprint density at radius 1 is 0.317 bits per heavy atom. The van der Waals surface area contributed by atoms with Crippen molar-refractivity contribution in [3.8, 4) is 0 Å². The van der Waals surface area contributed by atoms with Crippen molar-refractivity contribution in [2.24, 2.45) is 0 Å². The van der Waals surface area contributed by atoms with Gasteiger partial charge in [-0.25, -0.2) is 0 Å². The molecule has 0 rings (SSSR count). The van der Waals surface area contributed by atoms with Crippen LogP contribution in [0.4, 0.5) is 0 Å². The van der Waals surface area contributed by atoms with Crippen molar-refractivity contribution in [2.45, 2.75) is 239 Å². The zero-order chi connectivity index (χ0) is 29.7. The summed E-state index contributed by atoms with van der Waals surface area (Å²) in [6.45, 7) is 5.20. The Hall–Kier alpha value is -0.530. The van der Waals surface area contributed by atoms with Gasteiger partial charge in [0.15, 0.2) is 0 Å². The lowest BCUT2D eigenvalue weighted by molar-refractivity contribution is -0.143. The Labute approximate surface area is 260 Å². The first-order valence-electron chi connectivity index (χ1n) is 19.5. The number of ether oxygens (including phenoxy) is 1. The van der Waals surface area contributed by atoms with E-state index in [-0.39, 0.29) is 5.97 Å². The van der Waals surface area contributed by atoms with E-state index in [1.54, 1.807) is 0 Å². The van der Waals surface area contributed by atoms with Crippen LogP contribution in [-0.4, -0.2) is 12.6 Å². The number of hydrogen-bond acceptors (Lipinski definition) is 2. The highest BCUT2D eigenvalue weighted by atomic mass is 16.5. The largest absolute Gasteiger partial charge is 0.466 e. The molecule has 246 valence electrons. The SMILES string of the molecule is CCCCCCCCCCCCCCCCCCCCCCCCCCCOC(=O)CCCCCCCCCCC. The second-order valence-corrected chi connectivity index (χ2v) is 13.3. The minimum Gasteiger partial charge on any atom is -0.466 e. The van der Waals surface area contributed by atoms with E-state index < -0.39 is 0 Å². The molecular weight excluding hydrogens is 500 g/mol. The summed E-state index contributed by atoms with van der Waals surface area (Å²) in [4.78, 5) is 11.9. The molecule has 0 heterocycles. The number of unbranched alkanes of at least 4 members (excludes halogenated alkanes) is 32. The van der Waals surface area contributed by atoms with Gasteiger partial charge < -0.3 is 4.74 Å². The highest BCUT2D eigenvalue weighted by Gasteiger charge is 2.03. The highest BCUT2D eigenvalue weighted by molar-refractivity contribution is 5.69. The Balaban J connectivity index is 3.11. The predicted molar refractivity (Wildman–Crippen MR) is 184 cm³/mol. The number of carbonyl (C=O) groups is 1. The first-order valence-corrected chi connectivity index (χ1v) is 19.5. The van der Waals surface area contributed by atoms with Crippen LogP contribution in [0.3, 0.4) is 0 Å². The molecule has 0 aliphatic carbocycles. The van der Waals surface area contributed by atoms with Gasteiger partial charge in [0.2, 0.25) is 0 Å². The molecule has 0 aliphatic heterocycles. The zero-order valence-corrected chi connectivity index (χ0v) is 28.8. The maximum Gasteiger partial charge on any atom is 0.305 e. The molecule has 0 atom stereocenters. The zero-order valence-electron chi connectivity index (χ0n) is 28.8. The Morgan fingerprint density at radius 3 is 0.805 bits per heavy atom. The molecule has 0 saturated heterocycles. The summed E-state index contributed by atoms with van der Waals surface area (Å²) in [5.74, 6) is 0.0253. The lowest BCUT2D eigenvalue weighted by Gasteiger charge is -2.06. The molecule has 0 aromatic rings. The summed E-state index contributed by atoms with van der Waals surface area (Å²) in [5.41, 5.74) is 0. The van der Waals surface area contributed by atoms with Crippen LogP contribution in [0.5, 0.6) is 0 Å². The minimum atomic E-state index is 0.0253. The van der Waals surface area contributed by atoms with Crippen LogP contribution >= 0.6 is 0 Å². The first kappa shape index (κ1) is 40.5. The van der Waals surface area contributed by atoms with Gasteiger partial charge in [-0.2, -0.15) is 0 Å². The van der Waals surface area contributed by atoms with Crippen LogP contribution in [0.25, 0.3) is 0 Å². The summed E-state index contributed by atoms with van der Waals surface area (Å²) < 4.78 is 5.43. The van der Waals surface area contributed by atoms with Crippen LogP contribution < -0.4 is 0 Å². The Kier molecular flexibility index (Phi) is 37.0. The Morgan fingerprint density at radius 2 is 0.537 bits per heavy atom. The van der Waals surface area contributed by atoms with E-state index in [0.29, 0.717) is 13.0 Å². The molecule has 0 spiro atoms. The lowest BCUT2D eigenvalue weighted by atomic mass is 10.0. The van der Waals surface area contributed by atoms with Crippen molar-refractivity contribution in [1.29, 1.82) is 0 Å². The van der Waals surface area contributed by atoms with E-state index >= 15 is 0 Å². The normalized spacial score (nSPS) is 11.4. The monoisotopic (exact) mass is 579 g/mol. The molecule has 0 bridgehead atoms. The Bertz CT molecular complexity index is 474. The van der Waals surface area contributed by atoms with E-state index in [2.05, 4.69) is 13.8 Å². The fourth-order valence-corrected chi connectivity index (χ4v) is 6.08. The van der Waals surface area contributed by atoms with Crippen molar-refractivity contribution in [3.05, 3.63) is 0 Å². The van der Waals surface area contributed by atoms with Crippen molar-refractivity contribution in [2.75, 3.05) is 6.61 Å². The molecule has 0 aliphatic rings. The summed E-state index contributed by atoms with van der Waals surface area (Å²) in [5, 5.41) is 0. The van der Waals surface area contributed by atoms with Crippen LogP contribution in [0.15, 0.2) is 0 Å². The average Bonchev–Trinajstić information content (AvgIpc) is 2.98. The van der Waals surface area contributed by atoms with Crippen LogP contribution in [-0.2, 0) is 9.53 Å². The summed E-state index contributed by atoms with van der Waals surface area (Å²) >= 11 is 0. The van der Waals surface area contributed by atoms with Gasteiger partial charge in [0.1, 0.15) is 0 Å². The smallest absolute Gasteiger partial charge is 0.305 e. The summed E-state index contributed by atoms with van der Waals surface area (Å²) in [6.07, 6.45) is 47.6. The van der Waals surface area contributed by atoms with Gasteiger partial charge in [-0.1, -0.05) is 219 Å². The number of carbonyl (C=O) groups excluding carboxylic acids is 1. The predicted octanol–water partition coefficient (Wildman–Crippen LogP) is 14.2. The van der Waals surface area contributed by atoms with Gasteiger partial charge in [0.05, 0.1) is 6.61 Å². The topological polar surface area (TPSA) is 26.3 Å². The van der Waals surface area contributed by atoms with Gasteiger partial charge in [-0.05, 0) is 12.8 Å². The molecule has 0 aromatic carbocycles. The van der Waals surface area contributed by atoms with Crippen molar-refractivity contribution in [3.63, 3.8) is 0 Å². The third-order valence-electron chi connectivity index (χ3n) is 9.00. The molecule has 0 saturated carbocycles. The third-order valence-corrected chi connectivity index (χ3v) is 9.00. The van der Waals surface area contributed by atoms with Gasteiger partial charge in [-0.15, -0.1) is 0 Å². The van der Waals surface area contributed by atoms with E-state index in [1.165, 1.54) is 205 Å². The molecular formula is C39H78O2. The number of hydrogen-bond donors (Lipinski definition) is 0. The van der Waals surface area contributed by atoms with E-state index in [1.807, 2.05) is 0 Å². The summed E-state index contributed by atoms with van der Waals surface area (Å²) in [7, 11) is 0. The number of esters is 1. The molecule has 2 nitrogen and oxygen atoms in total. The average molecular weight is 579 g/mol. The van der Waals surface area contributed by atoms with Gasteiger partial charge in [0, 0.05) is 6.42 Å². The van der Waals surface area contributed by atoms with E-state index in [9.17, 15) is 4.79 Å². The lowest BCUT2D eigenvalue weighted by Crippen LogP contribution is -2.05. The maximum atomic E-state index is 11.9. The minimum absolute atomic E-state index is 0.0253. The third kappa shape index (κ3) is 37.4. The highest BCUT2D eigenvalue weighted by Crippen LogP contribution is 2.16. The quantitative estimate of drug-likeness (QED) is 0.0546. The second kappa shape index (κ2) is 37.5. The van der Waals surface area contributed by atoms with Crippen molar-refractivity contribution < 1.29 is 9.53 Å². The maximum absolute atomic E-state index is 11.9. The molecule has 0 fully saturated rings. The van der Waals surface area contributed by atoms with Crippen molar-refractivity contribution in [1.82, 2.24) is 0 Å². The first-order chi connectivity index (χ1) is 20.3. The molecule has 41 heavy (non-hydrogen) atoms. The molecule has 0 amide bonds. The molecule has 0 unspecified atom stereocenters. The van der Waals surface area contributed by atoms with E-state index in [4.69, 9.17) is 4.74 Å². The van der Waals surface area contributed by atoms with Crippen LogP contribution in [0, 0.1) is 0 Å². The van der Waals surface area contributed by atoms with Gasteiger partial charge >= 0.3 is 5.97 Å². The summed E-state index contributed by atoms with van der Waals surface area (Å²) in [6, 6.07) is 0. The fourth-order valence-electron chi connectivity index (χ4n) is 6.08. The fraction of sp³-hybridized carbons (Fsp3) is 0.974. The molecule has 2 heteroatoms. The molecule has 0 N–H and O–H groups in total.